The van der Waals surface area contributed by atoms with E-state index in [-0.39, 0.29) is 6.04 Å². The molecule has 0 bridgehead atoms. The molecule has 0 aliphatic carbocycles. The zero-order chi connectivity index (χ0) is 20.0. The molecule has 2 aliphatic rings. The van der Waals surface area contributed by atoms with Crippen molar-refractivity contribution >= 4 is 40.2 Å². The molecule has 3 aromatic rings. The Hall–Kier alpha value is -1.89. The first kappa shape index (κ1) is 19.1. The molecule has 1 aromatic carbocycles. The molecule has 0 amide bonds. The fraction of sp³-hybridized carbons (Fsp3) is 0.476. The smallest absolute Gasteiger partial charge is 0.181 e. The lowest BCUT2D eigenvalue weighted by Crippen LogP contribution is -2.53. The van der Waals surface area contributed by atoms with Crippen molar-refractivity contribution in [2.45, 2.75) is 25.8 Å². The van der Waals surface area contributed by atoms with Gasteiger partial charge in [0.15, 0.2) is 5.65 Å². The van der Waals surface area contributed by atoms with E-state index in [9.17, 15) is 0 Å². The molecule has 6 nitrogen and oxygen atoms in total. The minimum atomic E-state index is -0.0926. The van der Waals surface area contributed by atoms with Crippen LogP contribution in [0.1, 0.15) is 31.4 Å². The lowest BCUT2D eigenvalue weighted by Gasteiger charge is -2.45. The summed E-state index contributed by atoms with van der Waals surface area (Å²) in [5.41, 5.74) is 2.52. The number of piperidine rings is 1. The summed E-state index contributed by atoms with van der Waals surface area (Å²) in [6.45, 7) is 6.52. The largest absolute Gasteiger partial charge is 0.356 e. The van der Waals surface area contributed by atoms with Gasteiger partial charge in [-0.2, -0.15) is 0 Å². The molecule has 2 aromatic heterocycles. The number of aromatic nitrogens is 4. The van der Waals surface area contributed by atoms with Gasteiger partial charge in [-0.25, -0.2) is 9.67 Å². The number of benzene rings is 1. The molecule has 1 N–H and O–H groups in total. The summed E-state index contributed by atoms with van der Waals surface area (Å²) < 4.78 is 1.84. The molecule has 0 spiro atoms. The molecular formula is C21H24Cl2N6. The predicted octanol–water partition coefficient (Wildman–Crippen LogP) is 4.18. The number of anilines is 1. The molecule has 5 rings (SSSR count). The van der Waals surface area contributed by atoms with Crippen LogP contribution in [0.5, 0.6) is 0 Å². The first-order valence-electron chi connectivity index (χ1n) is 10.2. The Balaban J connectivity index is 1.38. The average molecular weight is 431 g/mol. The summed E-state index contributed by atoms with van der Waals surface area (Å²) in [6.07, 6.45) is 2.63. The fourth-order valence-corrected chi connectivity index (χ4v) is 5.07. The minimum Gasteiger partial charge on any atom is -0.356 e. The number of pyridine rings is 1. The van der Waals surface area contributed by atoms with E-state index in [4.69, 9.17) is 28.2 Å². The number of nitrogens with zero attached hydrogens (tertiary/aromatic N) is 5. The van der Waals surface area contributed by atoms with Crippen LogP contribution in [0, 0.1) is 11.8 Å². The number of rotatable bonds is 4. The van der Waals surface area contributed by atoms with Gasteiger partial charge in [0, 0.05) is 23.1 Å². The molecular weight excluding hydrogens is 407 g/mol. The van der Waals surface area contributed by atoms with E-state index >= 15 is 0 Å². The summed E-state index contributed by atoms with van der Waals surface area (Å²) in [5.74, 6) is 2.55. The van der Waals surface area contributed by atoms with Gasteiger partial charge in [-0.3, -0.25) is 0 Å². The standard InChI is InChI=1S/C21H24Cl2N6/c1-13(17-5-4-16(22)9-18(17)23)29-21-19(26-27-29)6-7-20(25-21)28-11-15(12-28)14-3-2-8-24-10-14/h4-7,9,13-15,24H,2-3,8,10-12H2,1H3/t13-,14+/m1/s1. The molecule has 0 radical (unpaired) electrons. The number of hydrogen-bond acceptors (Lipinski definition) is 5. The summed E-state index contributed by atoms with van der Waals surface area (Å²) in [7, 11) is 0. The van der Waals surface area contributed by atoms with Crippen LogP contribution < -0.4 is 10.2 Å². The Kier molecular flexibility index (Phi) is 5.10. The van der Waals surface area contributed by atoms with Gasteiger partial charge in [-0.05, 0) is 74.5 Å². The fourth-order valence-electron chi connectivity index (χ4n) is 4.50. The molecule has 4 heterocycles. The van der Waals surface area contributed by atoms with Crippen molar-refractivity contribution in [3.8, 4) is 0 Å². The SMILES string of the molecule is C[C@H](c1ccc(Cl)cc1Cl)n1nnc2ccc(N3CC([C@H]4CCCNC4)C3)nc21. The minimum absolute atomic E-state index is 0.0926. The quantitative estimate of drug-likeness (QED) is 0.672. The normalized spacial score (nSPS) is 21.3. The third-order valence-corrected chi connectivity index (χ3v) is 6.88. The van der Waals surface area contributed by atoms with Crippen molar-refractivity contribution in [2.75, 3.05) is 31.1 Å². The van der Waals surface area contributed by atoms with Crippen molar-refractivity contribution in [2.24, 2.45) is 11.8 Å². The highest BCUT2D eigenvalue weighted by Gasteiger charge is 2.35. The van der Waals surface area contributed by atoms with Gasteiger partial charge >= 0.3 is 0 Å². The third-order valence-electron chi connectivity index (χ3n) is 6.32. The number of hydrogen-bond donors (Lipinski definition) is 1. The van der Waals surface area contributed by atoms with Gasteiger partial charge < -0.3 is 10.2 Å². The second kappa shape index (κ2) is 7.74. The molecule has 2 atom stereocenters. The Morgan fingerprint density at radius 3 is 2.76 bits per heavy atom. The predicted molar refractivity (Wildman–Crippen MR) is 117 cm³/mol. The van der Waals surface area contributed by atoms with Crippen LogP contribution in [0.15, 0.2) is 30.3 Å². The molecule has 8 heteroatoms. The Bertz CT molecular complexity index is 1020. The van der Waals surface area contributed by atoms with E-state index < -0.39 is 0 Å². The first-order valence-corrected chi connectivity index (χ1v) is 11.0. The van der Waals surface area contributed by atoms with E-state index in [1.165, 1.54) is 12.8 Å². The number of nitrogens with one attached hydrogen (secondary N) is 1. The van der Waals surface area contributed by atoms with Crippen LogP contribution in [0.4, 0.5) is 5.82 Å². The summed E-state index contributed by atoms with van der Waals surface area (Å²) in [6, 6.07) is 9.50. The summed E-state index contributed by atoms with van der Waals surface area (Å²) in [5, 5.41) is 13.4. The third kappa shape index (κ3) is 3.58. The van der Waals surface area contributed by atoms with Crippen LogP contribution in [-0.4, -0.2) is 46.2 Å². The van der Waals surface area contributed by atoms with Gasteiger partial charge in [0.25, 0.3) is 0 Å². The second-order valence-corrected chi connectivity index (χ2v) is 9.00. The molecule has 152 valence electrons. The lowest BCUT2D eigenvalue weighted by atomic mass is 9.81. The van der Waals surface area contributed by atoms with Crippen LogP contribution in [0.3, 0.4) is 0 Å². The summed E-state index contributed by atoms with van der Waals surface area (Å²) >= 11 is 12.5. The van der Waals surface area contributed by atoms with Gasteiger partial charge in [-0.15, -0.1) is 5.10 Å². The molecule has 2 fully saturated rings. The maximum atomic E-state index is 6.42. The van der Waals surface area contributed by atoms with Crippen LogP contribution in [0.2, 0.25) is 10.0 Å². The maximum Gasteiger partial charge on any atom is 0.181 e. The average Bonchev–Trinajstić information content (AvgIpc) is 3.11. The molecule has 2 aliphatic heterocycles. The van der Waals surface area contributed by atoms with Crippen LogP contribution in [-0.2, 0) is 0 Å². The zero-order valence-corrected chi connectivity index (χ0v) is 17.9. The van der Waals surface area contributed by atoms with E-state index in [2.05, 4.69) is 26.6 Å². The Labute approximate surface area is 180 Å². The molecule has 29 heavy (non-hydrogen) atoms. The number of fused-ring (bicyclic) bond motifs is 1. The van der Waals surface area contributed by atoms with Gasteiger partial charge in [0.1, 0.15) is 11.3 Å². The molecule has 2 saturated heterocycles. The van der Waals surface area contributed by atoms with Crippen molar-refractivity contribution < 1.29 is 0 Å². The van der Waals surface area contributed by atoms with Crippen molar-refractivity contribution in [3.63, 3.8) is 0 Å². The van der Waals surface area contributed by atoms with E-state index in [1.54, 1.807) is 6.07 Å². The molecule has 0 unspecified atom stereocenters. The summed E-state index contributed by atoms with van der Waals surface area (Å²) in [4.78, 5) is 7.27. The van der Waals surface area contributed by atoms with Crippen LogP contribution in [0.25, 0.3) is 11.2 Å². The van der Waals surface area contributed by atoms with Gasteiger partial charge in [-0.1, -0.05) is 34.5 Å². The zero-order valence-electron chi connectivity index (χ0n) is 16.4. The Morgan fingerprint density at radius 1 is 1.14 bits per heavy atom. The van der Waals surface area contributed by atoms with Crippen LogP contribution >= 0.6 is 23.2 Å². The number of halogens is 2. The highest BCUT2D eigenvalue weighted by Crippen LogP contribution is 2.33. The second-order valence-electron chi connectivity index (χ2n) is 8.16. The lowest BCUT2D eigenvalue weighted by molar-refractivity contribution is 0.223. The Morgan fingerprint density at radius 2 is 2.00 bits per heavy atom. The first-order chi connectivity index (χ1) is 14.1. The highest BCUT2D eigenvalue weighted by atomic mass is 35.5. The highest BCUT2D eigenvalue weighted by molar-refractivity contribution is 6.35. The van der Waals surface area contributed by atoms with Crippen molar-refractivity contribution in [3.05, 3.63) is 45.9 Å². The van der Waals surface area contributed by atoms with Gasteiger partial charge in [0.05, 0.1) is 6.04 Å². The monoisotopic (exact) mass is 430 g/mol. The van der Waals surface area contributed by atoms with E-state index in [0.717, 1.165) is 60.6 Å². The topological polar surface area (TPSA) is 58.9 Å². The van der Waals surface area contributed by atoms with E-state index in [0.29, 0.717) is 10.0 Å². The van der Waals surface area contributed by atoms with E-state index in [1.807, 2.05) is 29.8 Å². The van der Waals surface area contributed by atoms with Crippen molar-refractivity contribution in [1.82, 2.24) is 25.3 Å². The maximum absolute atomic E-state index is 6.42. The van der Waals surface area contributed by atoms with Crippen molar-refractivity contribution in [1.29, 1.82) is 0 Å². The molecule has 0 saturated carbocycles. The van der Waals surface area contributed by atoms with Gasteiger partial charge in [0.2, 0.25) is 0 Å².